The summed E-state index contributed by atoms with van der Waals surface area (Å²) >= 11 is 1.53. The molecule has 0 aliphatic heterocycles. The average Bonchev–Trinajstić information content (AvgIpc) is 2.96. The van der Waals surface area contributed by atoms with E-state index in [1.54, 1.807) is 0 Å². The minimum absolute atomic E-state index is 0.0671. The Bertz CT molecular complexity index is 768. The lowest BCUT2D eigenvalue weighted by molar-refractivity contribution is 0.246. The summed E-state index contributed by atoms with van der Waals surface area (Å²) in [6.07, 6.45) is 3.25. The minimum atomic E-state index is -0.0671. The van der Waals surface area contributed by atoms with Crippen LogP contribution in [0.4, 0.5) is 4.79 Å². The zero-order chi connectivity index (χ0) is 18.7. The molecule has 1 fully saturated rings. The number of hydrogen-bond acceptors (Lipinski definition) is 2. The molecule has 5 heteroatoms. The molecule has 1 saturated carbocycles. The number of amides is 2. The summed E-state index contributed by atoms with van der Waals surface area (Å²) in [5.41, 5.74) is 4.35. The molecule has 0 bridgehead atoms. The second kappa shape index (κ2) is 7.95. The molecular weight excluding hydrogens is 342 g/mol. The van der Waals surface area contributed by atoms with Crippen molar-refractivity contribution in [2.75, 3.05) is 12.3 Å². The third-order valence-corrected chi connectivity index (χ3v) is 6.59. The molecule has 1 aliphatic rings. The van der Waals surface area contributed by atoms with E-state index >= 15 is 0 Å². The molecular formula is C21H31N3OS. The van der Waals surface area contributed by atoms with Crippen LogP contribution in [0.2, 0.25) is 0 Å². The number of hydrogen-bond donors (Lipinski definition) is 3. The zero-order valence-corrected chi connectivity index (χ0v) is 17.1. The van der Waals surface area contributed by atoms with Crippen LogP contribution in [0.15, 0.2) is 24.3 Å². The van der Waals surface area contributed by atoms with Gasteiger partial charge in [0.15, 0.2) is 0 Å². The van der Waals surface area contributed by atoms with E-state index in [0.29, 0.717) is 17.3 Å². The molecule has 4 nitrogen and oxygen atoms in total. The molecule has 1 aromatic carbocycles. The number of para-hydroxylation sites is 1. The molecule has 2 atom stereocenters. The van der Waals surface area contributed by atoms with Crippen molar-refractivity contribution in [2.45, 2.75) is 52.9 Å². The van der Waals surface area contributed by atoms with Gasteiger partial charge in [0.1, 0.15) is 0 Å². The normalized spacial score (nSPS) is 20.9. The fourth-order valence-electron chi connectivity index (χ4n) is 4.27. The highest BCUT2D eigenvalue weighted by atomic mass is 32.2. The Morgan fingerprint density at radius 3 is 2.85 bits per heavy atom. The number of unbranched alkanes of at least 4 members (excludes halogenated alkanes) is 1. The van der Waals surface area contributed by atoms with Crippen molar-refractivity contribution < 1.29 is 4.79 Å². The Labute approximate surface area is 161 Å². The lowest BCUT2D eigenvalue weighted by atomic mass is 10.0. The summed E-state index contributed by atoms with van der Waals surface area (Å²) in [4.78, 5) is 15.2. The van der Waals surface area contributed by atoms with E-state index in [-0.39, 0.29) is 6.03 Å². The van der Waals surface area contributed by atoms with Crippen LogP contribution in [0.25, 0.3) is 10.9 Å². The van der Waals surface area contributed by atoms with E-state index in [1.807, 2.05) is 0 Å². The smallest absolute Gasteiger partial charge is 0.324 e. The molecule has 26 heavy (non-hydrogen) atoms. The number of urea groups is 1. The fraction of sp³-hybridized carbons (Fsp3) is 0.571. The number of nitrogens with one attached hydrogen (secondary N) is 3. The molecule has 0 saturated heterocycles. The van der Waals surface area contributed by atoms with Crippen LogP contribution in [-0.4, -0.2) is 23.3 Å². The van der Waals surface area contributed by atoms with Crippen LogP contribution in [0, 0.1) is 18.3 Å². The molecule has 2 amide bonds. The average molecular weight is 374 g/mol. The van der Waals surface area contributed by atoms with Crippen LogP contribution in [0.3, 0.4) is 0 Å². The molecule has 0 spiro atoms. The summed E-state index contributed by atoms with van der Waals surface area (Å²) in [6.45, 7) is 9.81. The van der Waals surface area contributed by atoms with Crippen LogP contribution in [0.5, 0.6) is 0 Å². The standard InChI is InChI=1S/C21H31N3OS/c1-5-6-12-22-20(25)24-26-13-11-16-19(21(16,3)4)18-14(2)23-17-10-8-7-9-15(17)18/h7-10,16,19,23H,5-6,11-13H2,1-4H3,(H2,22,24,25). The van der Waals surface area contributed by atoms with Crippen molar-refractivity contribution >= 4 is 28.9 Å². The second-order valence-electron chi connectivity index (χ2n) is 7.96. The molecule has 0 radical (unpaired) electrons. The van der Waals surface area contributed by atoms with Crippen LogP contribution < -0.4 is 10.0 Å². The van der Waals surface area contributed by atoms with E-state index in [9.17, 15) is 4.79 Å². The Morgan fingerprint density at radius 2 is 2.08 bits per heavy atom. The Balaban J connectivity index is 1.54. The van der Waals surface area contributed by atoms with Gasteiger partial charge >= 0.3 is 6.03 Å². The lowest BCUT2D eigenvalue weighted by Gasteiger charge is -2.06. The van der Waals surface area contributed by atoms with Gasteiger partial charge in [-0.05, 0) is 60.6 Å². The minimum Gasteiger partial charge on any atom is -0.358 e. The quantitative estimate of drug-likeness (QED) is 0.431. The van der Waals surface area contributed by atoms with E-state index in [4.69, 9.17) is 0 Å². The highest BCUT2D eigenvalue weighted by Gasteiger charge is 2.58. The van der Waals surface area contributed by atoms with Gasteiger partial charge in [-0.25, -0.2) is 4.79 Å². The van der Waals surface area contributed by atoms with Gasteiger partial charge in [-0.3, -0.25) is 4.72 Å². The van der Waals surface area contributed by atoms with Crippen molar-refractivity contribution in [3.8, 4) is 0 Å². The number of H-pyrrole nitrogens is 1. The Morgan fingerprint density at radius 1 is 1.31 bits per heavy atom. The first kappa shape index (κ1) is 19.2. The van der Waals surface area contributed by atoms with Crippen LogP contribution >= 0.6 is 11.9 Å². The predicted octanol–water partition coefficient (Wildman–Crippen LogP) is 5.35. The van der Waals surface area contributed by atoms with E-state index in [0.717, 1.165) is 31.6 Å². The topological polar surface area (TPSA) is 56.9 Å². The van der Waals surface area contributed by atoms with E-state index < -0.39 is 0 Å². The second-order valence-corrected chi connectivity index (χ2v) is 8.86. The van der Waals surface area contributed by atoms with Gasteiger partial charge < -0.3 is 10.3 Å². The monoisotopic (exact) mass is 373 g/mol. The maximum Gasteiger partial charge on any atom is 0.324 e. The van der Waals surface area contributed by atoms with E-state index in [2.05, 4.69) is 67.0 Å². The lowest BCUT2D eigenvalue weighted by Crippen LogP contribution is -2.32. The third kappa shape index (κ3) is 3.88. The van der Waals surface area contributed by atoms with Gasteiger partial charge in [0.05, 0.1) is 0 Å². The van der Waals surface area contributed by atoms with Crippen molar-refractivity contribution in [3.63, 3.8) is 0 Å². The van der Waals surface area contributed by atoms with Crippen LogP contribution in [0.1, 0.15) is 57.2 Å². The molecule has 3 N–H and O–H groups in total. The fourth-order valence-corrected chi connectivity index (χ4v) is 4.95. The molecule has 1 heterocycles. The zero-order valence-electron chi connectivity index (χ0n) is 16.3. The molecule has 3 rings (SSSR count). The van der Waals surface area contributed by atoms with Crippen LogP contribution in [-0.2, 0) is 0 Å². The maximum absolute atomic E-state index is 11.7. The van der Waals surface area contributed by atoms with Gasteiger partial charge in [-0.15, -0.1) is 0 Å². The summed E-state index contributed by atoms with van der Waals surface area (Å²) < 4.78 is 2.90. The first-order valence-electron chi connectivity index (χ1n) is 9.69. The third-order valence-electron chi connectivity index (χ3n) is 5.82. The number of rotatable bonds is 8. The first-order valence-corrected chi connectivity index (χ1v) is 10.7. The molecule has 2 unspecified atom stereocenters. The number of fused-ring (bicyclic) bond motifs is 1. The predicted molar refractivity (Wildman–Crippen MR) is 112 cm³/mol. The number of aromatic nitrogens is 1. The Hall–Kier alpha value is -1.62. The van der Waals surface area contributed by atoms with Crippen molar-refractivity contribution in [1.82, 2.24) is 15.0 Å². The first-order chi connectivity index (χ1) is 12.5. The number of carbonyl (C=O) groups excluding carboxylic acids is 1. The Kier molecular flexibility index (Phi) is 5.86. The summed E-state index contributed by atoms with van der Waals surface area (Å²) in [7, 11) is 0. The van der Waals surface area contributed by atoms with Gasteiger partial charge in [0, 0.05) is 28.9 Å². The molecule has 1 aliphatic carbocycles. The number of benzene rings is 1. The molecule has 1 aromatic heterocycles. The number of carbonyl (C=O) groups is 1. The van der Waals surface area contributed by atoms with Crippen molar-refractivity contribution in [2.24, 2.45) is 11.3 Å². The van der Waals surface area contributed by atoms with Gasteiger partial charge in [0.2, 0.25) is 0 Å². The maximum atomic E-state index is 11.7. The molecule has 142 valence electrons. The SMILES string of the molecule is CCCCNC(=O)NSCCC1C(c2c(C)[nH]c3ccccc23)C1(C)C. The summed E-state index contributed by atoms with van der Waals surface area (Å²) in [5, 5.41) is 4.25. The van der Waals surface area contributed by atoms with Gasteiger partial charge in [-0.2, -0.15) is 0 Å². The summed E-state index contributed by atoms with van der Waals surface area (Å²) in [6, 6.07) is 8.54. The molecule has 2 aromatic rings. The van der Waals surface area contributed by atoms with Crippen molar-refractivity contribution in [1.29, 1.82) is 0 Å². The number of aromatic amines is 1. The highest BCUT2D eigenvalue weighted by Crippen LogP contribution is 2.67. The van der Waals surface area contributed by atoms with Gasteiger partial charge in [-0.1, -0.05) is 45.4 Å². The summed E-state index contributed by atoms with van der Waals surface area (Å²) in [5.74, 6) is 2.21. The highest BCUT2D eigenvalue weighted by molar-refractivity contribution is 7.97. The van der Waals surface area contributed by atoms with Crippen molar-refractivity contribution in [3.05, 3.63) is 35.5 Å². The number of aryl methyl sites for hydroxylation is 1. The largest absolute Gasteiger partial charge is 0.358 e. The van der Waals surface area contributed by atoms with E-state index in [1.165, 1.54) is 34.1 Å². The van der Waals surface area contributed by atoms with Gasteiger partial charge in [0.25, 0.3) is 0 Å².